The average Bonchev–Trinajstić information content (AvgIpc) is 2.72. The molecular formula is C21H29Cl3N4O6S2. The first kappa shape index (κ1) is 26.9. The zero-order valence-corrected chi connectivity index (χ0v) is 23.0. The number of hydrogen-bond donors (Lipinski definition) is 6. The van der Waals surface area contributed by atoms with Crippen molar-refractivity contribution in [3.05, 3.63) is 27.2 Å². The molecule has 202 valence electrons. The number of halogens is 3. The Hall–Kier alpha value is -0.670. The van der Waals surface area contributed by atoms with Gasteiger partial charge in [-0.2, -0.15) is 14.9 Å². The van der Waals surface area contributed by atoms with Crippen molar-refractivity contribution in [2.45, 2.75) is 38.1 Å². The van der Waals surface area contributed by atoms with Crippen molar-refractivity contribution in [3.8, 4) is 0 Å². The maximum absolute atomic E-state index is 13.1. The molecule has 4 bridgehead atoms. The fraction of sp³-hybridized carbons (Fsp3) is 0.619. The van der Waals surface area contributed by atoms with Crippen LogP contribution in [0.1, 0.15) is 32.1 Å². The van der Waals surface area contributed by atoms with Crippen molar-refractivity contribution in [1.82, 2.24) is 9.62 Å². The molecule has 2 atom stereocenters. The summed E-state index contributed by atoms with van der Waals surface area (Å²) in [7, 11) is -7.28. The van der Waals surface area contributed by atoms with Crippen LogP contribution in [0.3, 0.4) is 0 Å². The van der Waals surface area contributed by atoms with Crippen LogP contribution in [-0.4, -0.2) is 58.7 Å². The van der Waals surface area contributed by atoms with Crippen molar-refractivity contribution in [2.24, 2.45) is 28.9 Å². The van der Waals surface area contributed by atoms with Crippen molar-refractivity contribution in [2.75, 3.05) is 22.6 Å². The topological polar surface area (TPSA) is 160 Å². The first-order valence-electron chi connectivity index (χ1n) is 11.5. The highest BCUT2D eigenvalue weighted by molar-refractivity contribution is 8.30. The largest absolute Gasteiger partial charge is 0.369 e. The van der Waals surface area contributed by atoms with Crippen LogP contribution in [0.25, 0.3) is 0 Å². The number of hydrogen-bond acceptors (Lipinski definition) is 8. The van der Waals surface area contributed by atoms with Gasteiger partial charge >= 0.3 is 0 Å². The number of carbonyl (C=O) groups excluding carboxylic acids is 2. The van der Waals surface area contributed by atoms with Crippen LogP contribution in [0.2, 0.25) is 15.1 Å². The number of primary amides is 1. The lowest BCUT2D eigenvalue weighted by Crippen LogP contribution is -2.62. The summed E-state index contributed by atoms with van der Waals surface area (Å²) in [5, 5.41) is 3.24. The van der Waals surface area contributed by atoms with Crippen molar-refractivity contribution in [3.63, 3.8) is 0 Å². The molecule has 5 fully saturated rings. The van der Waals surface area contributed by atoms with Gasteiger partial charge < -0.3 is 11.1 Å². The predicted molar refractivity (Wildman–Crippen MR) is 143 cm³/mol. The average molecular weight is 604 g/mol. The highest BCUT2D eigenvalue weighted by Crippen LogP contribution is 2.63. The van der Waals surface area contributed by atoms with E-state index in [1.54, 1.807) is 0 Å². The second-order valence-corrected chi connectivity index (χ2v) is 15.8. The summed E-state index contributed by atoms with van der Waals surface area (Å²) in [6.45, 7) is -0.488. The number of carbonyl (C=O) groups is 2. The molecule has 1 aliphatic heterocycles. The van der Waals surface area contributed by atoms with E-state index in [9.17, 15) is 27.8 Å². The molecule has 2 unspecified atom stereocenters. The minimum absolute atomic E-state index is 0.00838. The molecule has 7 N–H and O–H groups in total. The van der Waals surface area contributed by atoms with Crippen molar-refractivity contribution in [1.29, 1.82) is 0 Å². The number of benzene rings is 1. The van der Waals surface area contributed by atoms with E-state index in [0.717, 1.165) is 27.9 Å². The smallest absolute Gasteiger partial charge is 0.236 e. The van der Waals surface area contributed by atoms with Gasteiger partial charge in [0.15, 0.2) is 0 Å². The number of nitrogens with two attached hydrogens (primary N) is 1. The summed E-state index contributed by atoms with van der Waals surface area (Å²) < 4.78 is 45.3. The Kier molecular flexibility index (Phi) is 6.89. The molecule has 0 spiro atoms. The molecule has 15 heteroatoms. The third-order valence-electron chi connectivity index (χ3n) is 7.99. The second kappa shape index (κ2) is 9.22. The second-order valence-electron chi connectivity index (χ2n) is 10.5. The third kappa shape index (κ3) is 4.67. The number of rotatable bonds is 5. The predicted octanol–water partition coefficient (Wildman–Crippen LogP) is 4.81. The van der Waals surface area contributed by atoms with Crippen molar-refractivity contribution < 1.29 is 27.8 Å². The maximum atomic E-state index is 13.1. The van der Waals surface area contributed by atoms with Gasteiger partial charge in [-0.25, -0.2) is 4.31 Å². The molecule has 0 radical (unpaired) electrons. The Morgan fingerprint density at radius 1 is 1.03 bits per heavy atom. The van der Waals surface area contributed by atoms with Crippen LogP contribution in [0.15, 0.2) is 12.1 Å². The molecule has 5 aliphatic rings. The Morgan fingerprint density at radius 3 is 2.17 bits per heavy atom. The van der Waals surface area contributed by atoms with E-state index in [1.165, 1.54) is 12.1 Å². The van der Waals surface area contributed by atoms with E-state index in [2.05, 4.69) is 5.32 Å². The van der Waals surface area contributed by atoms with Crippen LogP contribution in [0.5, 0.6) is 0 Å². The fourth-order valence-electron chi connectivity index (χ4n) is 6.79. The Morgan fingerprint density at radius 2 is 1.61 bits per heavy atom. The zero-order valence-electron chi connectivity index (χ0n) is 19.1. The molecule has 6 rings (SSSR count). The molecule has 1 saturated heterocycles. The summed E-state index contributed by atoms with van der Waals surface area (Å²) in [5.74, 6) is -1.11. The molecule has 1 aromatic carbocycles. The lowest BCUT2D eigenvalue weighted by atomic mass is 9.47. The molecular weight excluding hydrogens is 575 g/mol. The fourth-order valence-corrected chi connectivity index (χ4v) is 12.2. The van der Waals surface area contributed by atoms with Gasteiger partial charge in [-0.05, 0) is 73.0 Å². The molecule has 0 aromatic heterocycles. The lowest BCUT2D eigenvalue weighted by molar-refractivity contribution is -0.147. The molecule has 1 aromatic rings. The first-order valence-corrected chi connectivity index (χ1v) is 16.0. The van der Waals surface area contributed by atoms with Gasteiger partial charge in [0.05, 0.1) is 15.7 Å². The third-order valence-corrected chi connectivity index (χ3v) is 12.4. The van der Waals surface area contributed by atoms with Gasteiger partial charge in [0.1, 0.15) is 18.3 Å². The van der Waals surface area contributed by atoms with Gasteiger partial charge in [-0.3, -0.25) is 27.8 Å². The van der Waals surface area contributed by atoms with E-state index in [-0.39, 0.29) is 44.5 Å². The SMILES string of the molecule is NC(=O)C12CC3CC(C1)C(NC(=O)CN1CS(O)(O)CN(c4c(Cl)cc(Cl)cc4Cl)S1(O)O)C(C3)C2. The Labute approximate surface area is 227 Å². The van der Waals surface area contributed by atoms with E-state index in [1.807, 2.05) is 0 Å². The zero-order chi connectivity index (χ0) is 26.2. The summed E-state index contributed by atoms with van der Waals surface area (Å²) in [4.78, 5) is 25.3. The van der Waals surface area contributed by atoms with E-state index < -0.39 is 51.2 Å². The highest BCUT2D eigenvalue weighted by Gasteiger charge is 2.58. The minimum atomic E-state index is -3.89. The van der Waals surface area contributed by atoms with E-state index >= 15 is 0 Å². The van der Waals surface area contributed by atoms with Crippen LogP contribution < -0.4 is 15.4 Å². The maximum Gasteiger partial charge on any atom is 0.236 e. The highest BCUT2D eigenvalue weighted by atomic mass is 35.5. The first-order chi connectivity index (χ1) is 16.7. The van der Waals surface area contributed by atoms with E-state index in [4.69, 9.17) is 40.5 Å². The molecule has 1 heterocycles. The quantitative estimate of drug-likeness (QED) is 0.280. The number of anilines is 1. The molecule has 4 saturated carbocycles. The monoisotopic (exact) mass is 602 g/mol. The summed E-state index contributed by atoms with van der Waals surface area (Å²) >= 11 is 18.5. The standard InChI is InChI=1S/C21H29Cl3N4O6S2/c22-14-3-15(23)19(16(24)4-14)28-10-35(31,32)9-27(36(28,33)34)8-17(29)26-18-12-1-11-2-13(18)7-21(5-11,6-12)20(25)30/h3-4,11-13,18,31-34H,1-2,5-10H2,(H2,25,30)(H,26,29). The number of amides is 2. The minimum Gasteiger partial charge on any atom is -0.369 e. The van der Waals surface area contributed by atoms with Crippen molar-refractivity contribution >= 4 is 73.9 Å². The van der Waals surface area contributed by atoms with Crippen LogP contribution in [0.4, 0.5) is 5.69 Å². The lowest BCUT2D eigenvalue weighted by Gasteiger charge is -2.59. The summed E-state index contributed by atoms with van der Waals surface area (Å²) in [6.07, 6.45) is 3.92. The van der Waals surface area contributed by atoms with Crippen LogP contribution in [0, 0.1) is 23.2 Å². The Balaban J connectivity index is 1.34. The molecule has 4 aliphatic carbocycles. The molecule has 10 nitrogen and oxygen atoms in total. The number of nitrogens with one attached hydrogen (secondary N) is 1. The molecule has 2 amide bonds. The molecule has 36 heavy (non-hydrogen) atoms. The van der Waals surface area contributed by atoms with Gasteiger partial charge in [-0.1, -0.05) is 34.8 Å². The normalized spacial score (nSPS) is 36.4. The van der Waals surface area contributed by atoms with Gasteiger partial charge in [0.2, 0.25) is 11.8 Å². The van der Waals surface area contributed by atoms with Gasteiger partial charge in [-0.15, -0.1) is 0 Å². The van der Waals surface area contributed by atoms with E-state index in [0.29, 0.717) is 18.8 Å². The Bertz CT molecular complexity index is 1070. The van der Waals surface area contributed by atoms with Crippen LogP contribution >= 0.6 is 56.4 Å². The van der Waals surface area contributed by atoms with Crippen LogP contribution in [-0.2, 0) is 9.59 Å². The van der Waals surface area contributed by atoms with Gasteiger partial charge in [0.25, 0.3) is 0 Å². The number of nitrogens with zero attached hydrogens (tertiary/aromatic N) is 2. The van der Waals surface area contributed by atoms with Gasteiger partial charge in [0, 0.05) is 16.5 Å². The summed E-state index contributed by atoms with van der Waals surface area (Å²) in [5.41, 5.74) is 5.23. The summed E-state index contributed by atoms with van der Waals surface area (Å²) in [6, 6.07) is 2.55.